The van der Waals surface area contributed by atoms with E-state index in [-0.39, 0.29) is 22.9 Å². The number of ether oxygens (including phenoxy) is 1. The largest absolute Gasteiger partial charge is 0.485 e. The Morgan fingerprint density at radius 1 is 1.45 bits per heavy atom. The lowest BCUT2D eigenvalue weighted by Gasteiger charge is -2.22. The van der Waals surface area contributed by atoms with E-state index in [4.69, 9.17) is 10.5 Å². The zero-order chi connectivity index (χ0) is 15.6. The van der Waals surface area contributed by atoms with Crippen molar-refractivity contribution in [1.29, 1.82) is 0 Å². The number of nitrogens with two attached hydrogens (primary N) is 1. The number of benzene rings is 1. The third-order valence-electron chi connectivity index (χ3n) is 2.92. The number of rotatable bonds is 6. The van der Waals surface area contributed by atoms with E-state index in [0.717, 1.165) is 12.3 Å². The number of nitrogens with zero attached hydrogens (tertiary/aromatic N) is 1. The summed E-state index contributed by atoms with van der Waals surface area (Å²) in [5.74, 6) is 0.00697. The second kappa shape index (κ2) is 5.76. The summed E-state index contributed by atoms with van der Waals surface area (Å²) in [6, 6.07) is 3.54. The van der Waals surface area contributed by atoms with Crippen LogP contribution in [0, 0.1) is 10.1 Å². The smallest absolute Gasteiger partial charge is 0.312 e. The minimum atomic E-state index is -3.51. The first-order valence-corrected chi connectivity index (χ1v) is 7.86. The Labute approximate surface area is 117 Å². The van der Waals surface area contributed by atoms with E-state index in [2.05, 4.69) is 0 Å². The van der Waals surface area contributed by atoms with Gasteiger partial charge in [0, 0.05) is 17.9 Å². The summed E-state index contributed by atoms with van der Waals surface area (Å²) in [4.78, 5) is 10.2. The summed E-state index contributed by atoms with van der Waals surface area (Å²) >= 11 is 0. The molecule has 1 atom stereocenters. The fraction of sp³-hybridized carbons (Fsp3) is 0.500. The Hall–Kier alpha value is -1.67. The van der Waals surface area contributed by atoms with E-state index in [9.17, 15) is 18.5 Å². The Balaban J connectivity index is 3.12. The molecular formula is C12H18N2O5S. The molecule has 0 amide bonds. The van der Waals surface area contributed by atoms with Crippen molar-refractivity contribution in [2.75, 3.05) is 12.9 Å². The molecule has 0 heterocycles. The summed E-state index contributed by atoms with van der Waals surface area (Å²) in [6.45, 7) is 3.75. The molecule has 0 aliphatic rings. The van der Waals surface area contributed by atoms with Gasteiger partial charge in [-0.05, 0) is 25.5 Å². The van der Waals surface area contributed by atoms with Crippen molar-refractivity contribution in [2.24, 2.45) is 5.73 Å². The highest BCUT2D eigenvalue weighted by molar-refractivity contribution is 7.90. The van der Waals surface area contributed by atoms with Gasteiger partial charge in [0.1, 0.15) is 6.61 Å². The van der Waals surface area contributed by atoms with Crippen molar-refractivity contribution >= 4 is 15.5 Å². The van der Waals surface area contributed by atoms with E-state index in [0.29, 0.717) is 6.42 Å². The average molecular weight is 302 g/mol. The maximum absolute atomic E-state index is 11.4. The molecule has 20 heavy (non-hydrogen) atoms. The number of sulfone groups is 1. The van der Waals surface area contributed by atoms with Gasteiger partial charge in [-0.2, -0.15) is 0 Å². The first-order valence-electron chi connectivity index (χ1n) is 5.97. The van der Waals surface area contributed by atoms with Crippen LogP contribution >= 0.6 is 0 Å². The molecule has 0 radical (unpaired) electrons. The molecular weight excluding hydrogens is 284 g/mol. The Bertz CT molecular complexity index is 610. The van der Waals surface area contributed by atoms with Gasteiger partial charge in [0.15, 0.2) is 15.6 Å². The fourth-order valence-corrected chi connectivity index (χ4v) is 1.98. The first kappa shape index (κ1) is 16.4. The first-order chi connectivity index (χ1) is 9.07. The fourth-order valence-electron chi connectivity index (χ4n) is 1.34. The Morgan fingerprint density at radius 3 is 2.50 bits per heavy atom. The van der Waals surface area contributed by atoms with E-state index < -0.39 is 20.3 Å². The quantitative estimate of drug-likeness (QED) is 0.629. The predicted octanol–water partition coefficient (Wildman–Crippen LogP) is 1.50. The van der Waals surface area contributed by atoms with Crippen LogP contribution in [0.5, 0.6) is 5.75 Å². The van der Waals surface area contributed by atoms with Crippen LogP contribution in [0.4, 0.5) is 5.69 Å². The number of nitro benzene ring substituents is 1. The highest BCUT2D eigenvalue weighted by Gasteiger charge is 2.23. The molecule has 0 saturated heterocycles. The second-order valence-electron chi connectivity index (χ2n) is 4.96. The zero-order valence-electron chi connectivity index (χ0n) is 11.6. The molecule has 8 heteroatoms. The van der Waals surface area contributed by atoms with E-state index in [1.54, 1.807) is 6.92 Å². The average Bonchev–Trinajstić information content (AvgIpc) is 2.35. The summed E-state index contributed by atoms with van der Waals surface area (Å²) in [5, 5.41) is 11.0. The molecule has 0 aliphatic heterocycles. The molecule has 2 N–H and O–H groups in total. The van der Waals surface area contributed by atoms with Crippen molar-refractivity contribution in [2.45, 2.75) is 30.7 Å². The second-order valence-corrected chi connectivity index (χ2v) is 6.97. The Kier molecular flexibility index (Phi) is 4.72. The van der Waals surface area contributed by atoms with Gasteiger partial charge < -0.3 is 10.5 Å². The van der Waals surface area contributed by atoms with Gasteiger partial charge in [-0.3, -0.25) is 10.1 Å². The van der Waals surface area contributed by atoms with Crippen LogP contribution in [-0.2, 0) is 9.84 Å². The van der Waals surface area contributed by atoms with Gasteiger partial charge in [0.05, 0.1) is 9.82 Å². The summed E-state index contributed by atoms with van der Waals surface area (Å²) < 4.78 is 28.2. The Morgan fingerprint density at radius 2 is 2.05 bits per heavy atom. The molecule has 112 valence electrons. The number of hydrogen-bond donors (Lipinski definition) is 1. The topological polar surface area (TPSA) is 113 Å². The lowest BCUT2D eigenvalue weighted by molar-refractivity contribution is -0.386. The summed E-state index contributed by atoms with van der Waals surface area (Å²) in [6.07, 6.45) is 1.63. The lowest BCUT2D eigenvalue weighted by Crippen LogP contribution is -2.41. The van der Waals surface area contributed by atoms with E-state index >= 15 is 0 Å². The van der Waals surface area contributed by atoms with Gasteiger partial charge in [0.2, 0.25) is 0 Å². The third-order valence-corrected chi connectivity index (χ3v) is 4.03. The third kappa shape index (κ3) is 4.17. The molecule has 1 unspecified atom stereocenters. The van der Waals surface area contributed by atoms with Crippen LogP contribution in [0.2, 0.25) is 0 Å². The molecule has 0 aliphatic carbocycles. The van der Waals surface area contributed by atoms with Gasteiger partial charge in [-0.25, -0.2) is 8.42 Å². The van der Waals surface area contributed by atoms with Crippen LogP contribution in [0.1, 0.15) is 20.3 Å². The van der Waals surface area contributed by atoms with Crippen LogP contribution in [-0.4, -0.2) is 31.7 Å². The molecule has 1 aromatic carbocycles. The lowest BCUT2D eigenvalue weighted by atomic mass is 10.0. The maximum atomic E-state index is 11.4. The molecule has 0 fully saturated rings. The minimum Gasteiger partial charge on any atom is -0.485 e. The zero-order valence-corrected chi connectivity index (χ0v) is 12.4. The molecule has 0 bridgehead atoms. The number of nitro groups is 1. The SMILES string of the molecule is CCC(C)(N)COc1ccc(S(C)(=O)=O)cc1[N+](=O)[O-]. The van der Waals surface area contributed by atoms with Crippen LogP contribution < -0.4 is 10.5 Å². The molecule has 7 nitrogen and oxygen atoms in total. The monoisotopic (exact) mass is 302 g/mol. The highest BCUT2D eigenvalue weighted by atomic mass is 32.2. The maximum Gasteiger partial charge on any atom is 0.312 e. The normalized spacial score (nSPS) is 14.6. The van der Waals surface area contributed by atoms with Crippen LogP contribution in [0.15, 0.2) is 23.1 Å². The van der Waals surface area contributed by atoms with Gasteiger partial charge in [-0.15, -0.1) is 0 Å². The summed E-state index contributed by atoms with van der Waals surface area (Å²) in [5.41, 5.74) is 4.90. The standard InChI is InChI=1S/C12H18N2O5S/c1-4-12(2,13)8-19-11-6-5-9(20(3,17)18)7-10(11)14(15)16/h5-7H,4,8,13H2,1-3H3. The van der Waals surface area contributed by atoms with E-state index in [1.807, 2.05) is 6.92 Å². The van der Waals surface area contributed by atoms with Crippen LogP contribution in [0.25, 0.3) is 0 Å². The van der Waals surface area contributed by atoms with Crippen molar-refractivity contribution < 1.29 is 18.1 Å². The highest BCUT2D eigenvalue weighted by Crippen LogP contribution is 2.30. The molecule has 0 aromatic heterocycles. The molecule has 0 saturated carbocycles. The number of hydrogen-bond acceptors (Lipinski definition) is 6. The van der Waals surface area contributed by atoms with Gasteiger partial charge >= 0.3 is 5.69 Å². The summed E-state index contributed by atoms with van der Waals surface area (Å²) in [7, 11) is -3.51. The van der Waals surface area contributed by atoms with Crippen molar-refractivity contribution in [3.63, 3.8) is 0 Å². The minimum absolute atomic E-state index is 0.00697. The van der Waals surface area contributed by atoms with Crippen LogP contribution in [0.3, 0.4) is 0 Å². The molecule has 0 spiro atoms. The predicted molar refractivity (Wildman–Crippen MR) is 74.6 cm³/mol. The van der Waals surface area contributed by atoms with Gasteiger partial charge in [0.25, 0.3) is 0 Å². The van der Waals surface area contributed by atoms with Gasteiger partial charge in [-0.1, -0.05) is 6.92 Å². The molecule has 1 aromatic rings. The van der Waals surface area contributed by atoms with Crippen molar-refractivity contribution in [3.8, 4) is 5.75 Å². The molecule has 1 rings (SSSR count). The van der Waals surface area contributed by atoms with Crippen molar-refractivity contribution in [3.05, 3.63) is 28.3 Å². The van der Waals surface area contributed by atoms with E-state index in [1.165, 1.54) is 12.1 Å². The van der Waals surface area contributed by atoms with Crippen molar-refractivity contribution in [1.82, 2.24) is 0 Å².